The average molecular weight is 249 g/mol. The van der Waals surface area contributed by atoms with Crippen molar-refractivity contribution in [1.82, 2.24) is 4.90 Å². The van der Waals surface area contributed by atoms with E-state index in [1.165, 1.54) is 0 Å². The lowest BCUT2D eigenvalue weighted by Gasteiger charge is -2.26. The number of hydrogen-bond donors (Lipinski definition) is 1. The highest BCUT2D eigenvalue weighted by molar-refractivity contribution is 5.96. The van der Waals surface area contributed by atoms with Crippen LogP contribution in [-0.2, 0) is 4.79 Å². The Labute approximate surface area is 107 Å². The first-order chi connectivity index (χ1) is 8.43. The SMILES string of the molecule is Cc1ccccc1C(=O)N(CCC(=O)O)C(C)C. The number of amides is 1. The van der Waals surface area contributed by atoms with Crippen molar-refractivity contribution in [3.63, 3.8) is 0 Å². The largest absolute Gasteiger partial charge is 0.481 e. The van der Waals surface area contributed by atoms with Crippen LogP contribution in [0, 0.1) is 6.92 Å². The number of nitrogens with zero attached hydrogens (tertiary/aromatic N) is 1. The molecule has 0 unspecified atom stereocenters. The third kappa shape index (κ3) is 3.58. The summed E-state index contributed by atoms with van der Waals surface area (Å²) in [6, 6.07) is 7.33. The molecule has 0 heterocycles. The number of carbonyl (C=O) groups is 2. The third-order valence-corrected chi connectivity index (χ3v) is 2.83. The van der Waals surface area contributed by atoms with Crippen molar-refractivity contribution in [2.75, 3.05) is 6.54 Å². The molecule has 0 saturated carbocycles. The second kappa shape index (κ2) is 6.19. The van der Waals surface area contributed by atoms with Crippen molar-refractivity contribution < 1.29 is 14.7 Å². The highest BCUT2D eigenvalue weighted by atomic mass is 16.4. The molecule has 0 fully saturated rings. The quantitative estimate of drug-likeness (QED) is 0.871. The summed E-state index contributed by atoms with van der Waals surface area (Å²) in [6.45, 7) is 5.89. The maximum atomic E-state index is 12.4. The highest BCUT2D eigenvalue weighted by Crippen LogP contribution is 2.13. The third-order valence-electron chi connectivity index (χ3n) is 2.83. The van der Waals surface area contributed by atoms with E-state index in [0.717, 1.165) is 5.56 Å². The molecule has 18 heavy (non-hydrogen) atoms. The van der Waals surface area contributed by atoms with Gasteiger partial charge >= 0.3 is 5.97 Å². The van der Waals surface area contributed by atoms with Crippen molar-refractivity contribution in [1.29, 1.82) is 0 Å². The van der Waals surface area contributed by atoms with Gasteiger partial charge < -0.3 is 10.0 Å². The van der Waals surface area contributed by atoms with E-state index in [0.29, 0.717) is 5.56 Å². The van der Waals surface area contributed by atoms with Crippen LogP contribution in [0.15, 0.2) is 24.3 Å². The molecular formula is C14H19NO3. The normalized spacial score (nSPS) is 10.4. The van der Waals surface area contributed by atoms with Gasteiger partial charge in [-0.2, -0.15) is 0 Å². The van der Waals surface area contributed by atoms with Crippen LogP contribution in [0.4, 0.5) is 0 Å². The number of carboxylic acid groups (broad SMARTS) is 1. The van der Waals surface area contributed by atoms with Crippen LogP contribution in [0.2, 0.25) is 0 Å². The van der Waals surface area contributed by atoms with E-state index >= 15 is 0 Å². The zero-order valence-electron chi connectivity index (χ0n) is 11.0. The molecule has 0 spiro atoms. The summed E-state index contributed by atoms with van der Waals surface area (Å²) in [5, 5.41) is 8.71. The molecule has 0 saturated heterocycles. The number of rotatable bonds is 5. The minimum absolute atomic E-state index is 0.0172. The van der Waals surface area contributed by atoms with Gasteiger partial charge in [-0.3, -0.25) is 9.59 Å². The molecule has 0 bridgehead atoms. The maximum absolute atomic E-state index is 12.4. The lowest BCUT2D eigenvalue weighted by Crippen LogP contribution is -2.38. The highest BCUT2D eigenvalue weighted by Gasteiger charge is 2.20. The molecule has 1 N–H and O–H groups in total. The summed E-state index contributed by atoms with van der Waals surface area (Å²) in [6.07, 6.45) is -0.0319. The van der Waals surface area contributed by atoms with Crippen molar-refractivity contribution in [3.8, 4) is 0 Å². The van der Waals surface area contributed by atoms with Gasteiger partial charge in [-0.15, -0.1) is 0 Å². The summed E-state index contributed by atoms with van der Waals surface area (Å²) in [5.41, 5.74) is 1.54. The molecule has 1 aromatic rings. The monoisotopic (exact) mass is 249 g/mol. The number of aliphatic carboxylic acids is 1. The van der Waals surface area contributed by atoms with Gasteiger partial charge in [0.25, 0.3) is 5.91 Å². The van der Waals surface area contributed by atoms with E-state index in [4.69, 9.17) is 5.11 Å². The topological polar surface area (TPSA) is 57.6 Å². The molecule has 0 radical (unpaired) electrons. The number of hydrogen-bond acceptors (Lipinski definition) is 2. The van der Waals surface area contributed by atoms with Crippen LogP contribution in [0.5, 0.6) is 0 Å². The first-order valence-electron chi connectivity index (χ1n) is 6.02. The average Bonchev–Trinajstić information content (AvgIpc) is 2.28. The van der Waals surface area contributed by atoms with E-state index in [1.807, 2.05) is 39.0 Å². The number of benzene rings is 1. The molecule has 1 rings (SSSR count). The Morgan fingerprint density at radius 3 is 2.39 bits per heavy atom. The van der Waals surface area contributed by atoms with E-state index < -0.39 is 5.97 Å². The molecule has 0 atom stereocenters. The van der Waals surface area contributed by atoms with Gasteiger partial charge in [0.1, 0.15) is 0 Å². The van der Waals surface area contributed by atoms with Gasteiger partial charge in [0.2, 0.25) is 0 Å². The van der Waals surface area contributed by atoms with Crippen LogP contribution in [0.25, 0.3) is 0 Å². The van der Waals surface area contributed by atoms with Gasteiger partial charge in [-0.1, -0.05) is 18.2 Å². The summed E-state index contributed by atoms with van der Waals surface area (Å²) in [4.78, 5) is 24.6. The van der Waals surface area contributed by atoms with Crippen LogP contribution < -0.4 is 0 Å². The van der Waals surface area contributed by atoms with E-state index in [2.05, 4.69) is 0 Å². The molecule has 0 aliphatic rings. The summed E-state index contributed by atoms with van der Waals surface area (Å²) < 4.78 is 0. The number of aryl methyl sites for hydroxylation is 1. The zero-order chi connectivity index (χ0) is 13.7. The van der Waals surface area contributed by atoms with E-state index in [1.54, 1.807) is 11.0 Å². The molecular weight excluding hydrogens is 230 g/mol. The Bertz CT molecular complexity index is 440. The van der Waals surface area contributed by atoms with Crippen LogP contribution in [0.3, 0.4) is 0 Å². The molecule has 1 amide bonds. The second-order valence-electron chi connectivity index (χ2n) is 4.55. The summed E-state index contributed by atoms with van der Waals surface area (Å²) in [7, 11) is 0. The predicted molar refractivity (Wildman–Crippen MR) is 69.6 cm³/mol. The summed E-state index contributed by atoms with van der Waals surface area (Å²) in [5.74, 6) is -0.998. The van der Waals surface area contributed by atoms with Crippen LogP contribution in [0.1, 0.15) is 36.2 Å². The van der Waals surface area contributed by atoms with Gasteiger partial charge in [0.15, 0.2) is 0 Å². The molecule has 1 aromatic carbocycles. The maximum Gasteiger partial charge on any atom is 0.305 e. The summed E-state index contributed by atoms with van der Waals surface area (Å²) >= 11 is 0. The Balaban J connectivity index is 2.90. The Hall–Kier alpha value is -1.84. The fraction of sp³-hybridized carbons (Fsp3) is 0.429. The minimum atomic E-state index is -0.891. The lowest BCUT2D eigenvalue weighted by molar-refractivity contribution is -0.137. The minimum Gasteiger partial charge on any atom is -0.481 e. The van der Waals surface area contributed by atoms with Crippen LogP contribution >= 0.6 is 0 Å². The van der Waals surface area contributed by atoms with E-state index in [-0.39, 0.29) is 24.9 Å². The predicted octanol–water partition coefficient (Wildman–Crippen LogP) is 2.32. The smallest absolute Gasteiger partial charge is 0.305 e. The van der Waals surface area contributed by atoms with Crippen LogP contribution in [-0.4, -0.2) is 34.5 Å². The number of carbonyl (C=O) groups excluding carboxylic acids is 1. The Kier molecular flexibility index (Phi) is 4.89. The molecule has 4 nitrogen and oxygen atoms in total. The lowest BCUT2D eigenvalue weighted by atomic mass is 10.1. The zero-order valence-corrected chi connectivity index (χ0v) is 11.0. The van der Waals surface area contributed by atoms with Crippen molar-refractivity contribution in [2.24, 2.45) is 0 Å². The Morgan fingerprint density at radius 1 is 1.28 bits per heavy atom. The molecule has 0 aliphatic heterocycles. The molecule has 4 heteroatoms. The Morgan fingerprint density at radius 2 is 1.89 bits per heavy atom. The first-order valence-corrected chi connectivity index (χ1v) is 6.02. The second-order valence-corrected chi connectivity index (χ2v) is 4.55. The molecule has 98 valence electrons. The standard InChI is InChI=1S/C14H19NO3/c1-10(2)15(9-8-13(16)17)14(18)12-7-5-4-6-11(12)3/h4-7,10H,8-9H2,1-3H3,(H,16,17). The van der Waals surface area contributed by atoms with Crippen molar-refractivity contribution >= 4 is 11.9 Å². The van der Waals surface area contributed by atoms with Crippen molar-refractivity contribution in [3.05, 3.63) is 35.4 Å². The van der Waals surface area contributed by atoms with Gasteiger partial charge in [0, 0.05) is 18.2 Å². The fourth-order valence-electron chi connectivity index (χ4n) is 1.78. The molecule has 0 aliphatic carbocycles. The van der Waals surface area contributed by atoms with Gasteiger partial charge in [0.05, 0.1) is 6.42 Å². The van der Waals surface area contributed by atoms with Gasteiger partial charge in [-0.05, 0) is 32.4 Å². The molecule has 0 aromatic heterocycles. The van der Waals surface area contributed by atoms with Crippen molar-refractivity contribution in [2.45, 2.75) is 33.2 Å². The fourth-order valence-corrected chi connectivity index (χ4v) is 1.78. The number of carboxylic acids is 1. The first kappa shape index (κ1) is 14.2. The van der Waals surface area contributed by atoms with Gasteiger partial charge in [-0.25, -0.2) is 0 Å². The van der Waals surface area contributed by atoms with E-state index in [9.17, 15) is 9.59 Å².